The molecule has 0 fully saturated rings. The van der Waals surface area contributed by atoms with Crippen molar-refractivity contribution in [2.24, 2.45) is 0 Å². The Morgan fingerprint density at radius 3 is 2.71 bits per heavy atom. The topological polar surface area (TPSA) is 33.3 Å². The van der Waals surface area contributed by atoms with Crippen molar-refractivity contribution in [2.75, 3.05) is 38.3 Å². The molecule has 0 aromatic heterocycles. The van der Waals surface area contributed by atoms with E-state index in [2.05, 4.69) is 16.9 Å². The molecule has 0 aromatic rings. The fraction of sp³-hybridized carbons (Fsp3) is 0.889. The maximum absolute atomic E-state index is 5.21. The number of ether oxygens (including phenoxy) is 1. The number of rotatable bonds is 8. The lowest BCUT2D eigenvalue weighted by Crippen LogP contribution is -2.37. The highest BCUT2D eigenvalue weighted by molar-refractivity contribution is 7.98. The molecule has 0 saturated heterocycles. The largest absolute Gasteiger partial charge is 0.382 e. The molecular weight excluding hydrogens is 216 g/mol. The van der Waals surface area contributed by atoms with Crippen molar-refractivity contribution >= 4 is 29.1 Å². The molecule has 0 spiro atoms. The first-order chi connectivity index (χ1) is 6.81. The lowest BCUT2D eigenvalue weighted by molar-refractivity contribution is 0.146. The molecule has 0 aromatic carbocycles. The second-order valence-corrected chi connectivity index (χ2v) is 4.12. The Morgan fingerprint density at radius 1 is 1.36 bits per heavy atom. The van der Waals surface area contributed by atoms with Gasteiger partial charge in [-0.2, -0.15) is 11.8 Å². The van der Waals surface area contributed by atoms with Crippen molar-refractivity contribution in [3.63, 3.8) is 0 Å². The predicted molar refractivity (Wildman–Crippen MR) is 68.1 cm³/mol. The summed E-state index contributed by atoms with van der Waals surface area (Å²) in [6.45, 7) is 5.40. The van der Waals surface area contributed by atoms with Crippen LogP contribution in [0.25, 0.3) is 0 Å². The lowest BCUT2D eigenvalue weighted by Gasteiger charge is -2.09. The van der Waals surface area contributed by atoms with Gasteiger partial charge in [0.05, 0.1) is 0 Å². The molecule has 0 heterocycles. The van der Waals surface area contributed by atoms with Gasteiger partial charge in [-0.05, 0) is 31.8 Å². The standard InChI is InChI=1S/C9H20N2OS2/c1-3-12-7-4-5-10-9(13)11-6-8-14-2/h3-8H2,1-2H3,(H2,10,11,13). The summed E-state index contributed by atoms with van der Waals surface area (Å²) in [7, 11) is 0. The van der Waals surface area contributed by atoms with Gasteiger partial charge in [0.25, 0.3) is 0 Å². The van der Waals surface area contributed by atoms with Crippen LogP contribution in [-0.2, 0) is 4.74 Å². The minimum Gasteiger partial charge on any atom is -0.382 e. The summed E-state index contributed by atoms with van der Waals surface area (Å²) < 4.78 is 5.21. The molecule has 0 unspecified atom stereocenters. The molecule has 0 bridgehead atoms. The summed E-state index contributed by atoms with van der Waals surface area (Å²) in [5.41, 5.74) is 0. The van der Waals surface area contributed by atoms with E-state index in [9.17, 15) is 0 Å². The van der Waals surface area contributed by atoms with Gasteiger partial charge >= 0.3 is 0 Å². The molecule has 0 aliphatic heterocycles. The van der Waals surface area contributed by atoms with E-state index in [0.717, 1.165) is 43.6 Å². The summed E-state index contributed by atoms with van der Waals surface area (Å²) in [5.74, 6) is 1.08. The second-order valence-electron chi connectivity index (χ2n) is 2.73. The maximum Gasteiger partial charge on any atom is 0.166 e. The summed E-state index contributed by atoms with van der Waals surface area (Å²) in [6, 6.07) is 0. The second kappa shape index (κ2) is 11.1. The number of thioether (sulfide) groups is 1. The van der Waals surface area contributed by atoms with Crippen LogP contribution in [0.15, 0.2) is 0 Å². The Hall–Kier alpha value is 0. The van der Waals surface area contributed by atoms with E-state index in [-0.39, 0.29) is 0 Å². The van der Waals surface area contributed by atoms with Gasteiger partial charge < -0.3 is 15.4 Å². The van der Waals surface area contributed by atoms with Gasteiger partial charge in [0.15, 0.2) is 5.11 Å². The Bertz CT molecular complexity index is 145. The van der Waals surface area contributed by atoms with Crippen molar-refractivity contribution in [3.8, 4) is 0 Å². The van der Waals surface area contributed by atoms with Crippen molar-refractivity contribution in [1.29, 1.82) is 0 Å². The molecule has 14 heavy (non-hydrogen) atoms. The Labute approximate surface area is 96.4 Å². The Morgan fingerprint density at radius 2 is 2.07 bits per heavy atom. The van der Waals surface area contributed by atoms with Gasteiger partial charge in [0.2, 0.25) is 0 Å². The first-order valence-corrected chi connectivity index (χ1v) is 6.69. The van der Waals surface area contributed by atoms with Gasteiger partial charge in [-0.15, -0.1) is 0 Å². The number of hydrogen-bond donors (Lipinski definition) is 2. The SMILES string of the molecule is CCOCCCNC(=S)NCCSC. The fourth-order valence-corrected chi connectivity index (χ4v) is 1.36. The minimum absolute atomic E-state index is 0.746. The molecule has 0 atom stereocenters. The zero-order valence-corrected chi connectivity index (χ0v) is 10.6. The van der Waals surface area contributed by atoms with Crippen molar-refractivity contribution in [3.05, 3.63) is 0 Å². The van der Waals surface area contributed by atoms with E-state index < -0.39 is 0 Å². The number of hydrogen-bond acceptors (Lipinski definition) is 3. The average Bonchev–Trinajstić information content (AvgIpc) is 2.18. The van der Waals surface area contributed by atoms with Crippen molar-refractivity contribution < 1.29 is 4.74 Å². The van der Waals surface area contributed by atoms with E-state index >= 15 is 0 Å². The Kier molecular flexibility index (Phi) is 11.1. The van der Waals surface area contributed by atoms with E-state index in [1.807, 2.05) is 18.7 Å². The van der Waals surface area contributed by atoms with Crippen LogP contribution in [0.1, 0.15) is 13.3 Å². The highest BCUT2D eigenvalue weighted by atomic mass is 32.2. The van der Waals surface area contributed by atoms with Crippen LogP contribution in [0.2, 0.25) is 0 Å². The molecule has 0 aliphatic carbocycles. The summed E-state index contributed by atoms with van der Waals surface area (Å²) in [4.78, 5) is 0. The predicted octanol–water partition coefficient (Wildman–Crippen LogP) is 1.24. The highest BCUT2D eigenvalue weighted by Crippen LogP contribution is 1.87. The van der Waals surface area contributed by atoms with Gasteiger partial charge in [-0.1, -0.05) is 0 Å². The average molecular weight is 236 g/mol. The molecule has 0 rings (SSSR count). The molecule has 5 heteroatoms. The van der Waals surface area contributed by atoms with Crippen LogP contribution in [0, 0.1) is 0 Å². The summed E-state index contributed by atoms with van der Waals surface area (Å²) >= 11 is 6.88. The molecule has 84 valence electrons. The normalized spacial score (nSPS) is 9.86. The van der Waals surface area contributed by atoms with Crippen molar-refractivity contribution in [1.82, 2.24) is 10.6 Å². The molecule has 0 aliphatic rings. The zero-order valence-electron chi connectivity index (χ0n) is 8.97. The summed E-state index contributed by atoms with van der Waals surface area (Å²) in [5, 5.41) is 7.01. The first kappa shape index (κ1) is 14.0. The van der Waals surface area contributed by atoms with Gasteiger partial charge in [0.1, 0.15) is 0 Å². The molecular formula is C9H20N2OS2. The maximum atomic E-state index is 5.21. The van der Waals surface area contributed by atoms with E-state index in [1.165, 1.54) is 0 Å². The van der Waals surface area contributed by atoms with E-state index in [4.69, 9.17) is 17.0 Å². The van der Waals surface area contributed by atoms with Crippen LogP contribution in [0.3, 0.4) is 0 Å². The lowest BCUT2D eigenvalue weighted by atomic mass is 10.4. The quantitative estimate of drug-likeness (QED) is 0.489. The van der Waals surface area contributed by atoms with Gasteiger partial charge in [-0.25, -0.2) is 0 Å². The molecule has 0 saturated carbocycles. The monoisotopic (exact) mass is 236 g/mol. The third-order valence-corrected chi connectivity index (χ3v) is 2.45. The third-order valence-electron chi connectivity index (χ3n) is 1.55. The van der Waals surface area contributed by atoms with Crippen molar-refractivity contribution in [2.45, 2.75) is 13.3 Å². The van der Waals surface area contributed by atoms with Gasteiger partial charge in [-0.3, -0.25) is 0 Å². The van der Waals surface area contributed by atoms with Crippen LogP contribution in [0.5, 0.6) is 0 Å². The van der Waals surface area contributed by atoms with Crippen LogP contribution >= 0.6 is 24.0 Å². The molecule has 0 radical (unpaired) electrons. The Balaban J connectivity index is 3.10. The highest BCUT2D eigenvalue weighted by Gasteiger charge is 1.93. The first-order valence-electron chi connectivity index (χ1n) is 4.89. The molecule has 2 N–H and O–H groups in total. The van der Waals surface area contributed by atoms with E-state index in [1.54, 1.807) is 0 Å². The van der Waals surface area contributed by atoms with Gasteiger partial charge in [0, 0.05) is 32.1 Å². The molecule has 0 amide bonds. The minimum atomic E-state index is 0.746. The number of thiocarbonyl (C=S) groups is 1. The van der Waals surface area contributed by atoms with Crippen LogP contribution in [0.4, 0.5) is 0 Å². The van der Waals surface area contributed by atoms with E-state index in [0.29, 0.717) is 0 Å². The summed E-state index contributed by atoms with van der Waals surface area (Å²) in [6.07, 6.45) is 3.08. The smallest absolute Gasteiger partial charge is 0.166 e. The zero-order chi connectivity index (χ0) is 10.6. The number of nitrogens with one attached hydrogen (secondary N) is 2. The molecule has 3 nitrogen and oxygen atoms in total. The third kappa shape index (κ3) is 10.1. The van der Waals surface area contributed by atoms with Crippen LogP contribution in [-0.4, -0.2) is 43.4 Å². The fourth-order valence-electron chi connectivity index (χ4n) is 0.850. The van der Waals surface area contributed by atoms with Crippen LogP contribution < -0.4 is 10.6 Å².